The number of aromatic amines is 1. The maximum Gasteiger partial charge on any atom is 0.259 e. The summed E-state index contributed by atoms with van der Waals surface area (Å²) < 4.78 is 0. The molecule has 120 valence electrons. The Labute approximate surface area is 135 Å². The van der Waals surface area contributed by atoms with E-state index in [0.29, 0.717) is 5.92 Å². The van der Waals surface area contributed by atoms with Crippen molar-refractivity contribution in [3.05, 3.63) is 26.6 Å². The second-order valence-corrected chi connectivity index (χ2v) is 7.60. The first-order valence-electron chi connectivity index (χ1n) is 8.38. The first kappa shape index (κ1) is 15.7. The summed E-state index contributed by atoms with van der Waals surface area (Å²) in [5.41, 5.74) is 1.29. The number of hydrogen-bond acceptors (Lipinski definition) is 4. The molecule has 2 atom stereocenters. The zero-order valence-corrected chi connectivity index (χ0v) is 14.5. The molecular weight excluding hydrogens is 294 g/mol. The molecular formula is C17H25N3OS. The van der Waals surface area contributed by atoms with E-state index >= 15 is 0 Å². The highest BCUT2D eigenvalue weighted by molar-refractivity contribution is 7.18. The van der Waals surface area contributed by atoms with Crippen molar-refractivity contribution in [3.8, 4) is 0 Å². The lowest BCUT2D eigenvalue weighted by molar-refractivity contribution is 0.509. The normalized spacial score (nSPS) is 19.3. The van der Waals surface area contributed by atoms with Crippen LogP contribution in [0.2, 0.25) is 0 Å². The lowest BCUT2D eigenvalue weighted by atomic mass is 9.89. The Morgan fingerprint density at radius 1 is 1.50 bits per heavy atom. The van der Waals surface area contributed by atoms with Crippen molar-refractivity contribution >= 4 is 21.6 Å². The van der Waals surface area contributed by atoms with E-state index < -0.39 is 0 Å². The molecule has 22 heavy (non-hydrogen) atoms. The lowest BCUT2D eigenvalue weighted by Gasteiger charge is -2.17. The van der Waals surface area contributed by atoms with Gasteiger partial charge in [0, 0.05) is 4.88 Å². The molecule has 2 heterocycles. The fraction of sp³-hybridized carbons (Fsp3) is 0.647. The molecule has 0 spiro atoms. The Balaban J connectivity index is 1.94. The Hall–Kier alpha value is -1.20. The minimum absolute atomic E-state index is 0.0381. The molecule has 0 saturated heterocycles. The SMILES string of the molecule is CCCCN[C@@H](C)c1nc2sc3c(c2c(=O)[nH]1)CC[C@H](C)C3. The van der Waals surface area contributed by atoms with Crippen LogP contribution in [-0.4, -0.2) is 16.5 Å². The molecule has 0 saturated carbocycles. The molecule has 0 radical (unpaired) electrons. The van der Waals surface area contributed by atoms with Gasteiger partial charge in [-0.25, -0.2) is 4.98 Å². The fourth-order valence-corrected chi connectivity index (χ4v) is 4.55. The maximum absolute atomic E-state index is 12.5. The first-order chi connectivity index (χ1) is 10.6. The summed E-state index contributed by atoms with van der Waals surface area (Å²) in [5.74, 6) is 1.48. The van der Waals surface area contributed by atoms with Gasteiger partial charge in [0.05, 0.1) is 11.4 Å². The monoisotopic (exact) mass is 319 g/mol. The standard InChI is InChI=1S/C17H25N3OS/c1-4-5-8-18-11(3)15-19-16(21)14-12-7-6-10(2)9-13(12)22-17(14)20-15/h10-11,18H,4-9H2,1-3H3,(H,19,20,21)/t10-,11-/m0/s1. The highest BCUT2D eigenvalue weighted by Crippen LogP contribution is 2.35. The zero-order valence-electron chi connectivity index (χ0n) is 13.7. The minimum atomic E-state index is 0.0381. The third-order valence-corrected chi connectivity index (χ3v) is 5.72. The zero-order chi connectivity index (χ0) is 15.7. The van der Waals surface area contributed by atoms with Gasteiger partial charge in [0.25, 0.3) is 5.56 Å². The van der Waals surface area contributed by atoms with Gasteiger partial charge in [-0.1, -0.05) is 20.3 Å². The van der Waals surface area contributed by atoms with Gasteiger partial charge in [-0.05, 0) is 50.6 Å². The number of aryl methyl sites for hydroxylation is 1. The second-order valence-electron chi connectivity index (χ2n) is 6.51. The van der Waals surface area contributed by atoms with Gasteiger partial charge in [0.15, 0.2) is 0 Å². The lowest BCUT2D eigenvalue weighted by Crippen LogP contribution is -2.24. The number of thiophene rings is 1. The van der Waals surface area contributed by atoms with E-state index in [1.807, 2.05) is 0 Å². The number of hydrogen-bond donors (Lipinski definition) is 2. The molecule has 0 amide bonds. The molecule has 2 aromatic heterocycles. The van der Waals surface area contributed by atoms with Gasteiger partial charge in [0.2, 0.25) is 0 Å². The van der Waals surface area contributed by atoms with Gasteiger partial charge < -0.3 is 10.3 Å². The summed E-state index contributed by atoms with van der Waals surface area (Å²) in [6.07, 6.45) is 5.59. The summed E-state index contributed by atoms with van der Waals surface area (Å²) in [7, 11) is 0. The molecule has 0 unspecified atom stereocenters. The Morgan fingerprint density at radius 3 is 3.09 bits per heavy atom. The van der Waals surface area contributed by atoms with Crippen LogP contribution >= 0.6 is 11.3 Å². The molecule has 3 rings (SSSR count). The summed E-state index contributed by atoms with van der Waals surface area (Å²) in [6, 6.07) is 0.0849. The summed E-state index contributed by atoms with van der Waals surface area (Å²) in [6.45, 7) is 7.49. The average Bonchev–Trinajstić information content (AvgIpc) is 2.84. The molecule has 1 aliphatic rings. The third kappa shape index (κ3) is 2.97. The van der Waals surface area contributed by atoms with Crippen LogP contribution < -0.4 is 10.9 Å². The van der Waals surface area contributed by atoms with Crippen molar-refractivity contribution in [1.29, 1.82) is 0 Å². The van der Waals surface area contributed by atoms with Crippen LogP contribution in [0.25, 0.3) is 10.2 Å². The van der Waals surface area contributed by atoms with Crippen molar-refractivity contribution in [2.75, 3.05) is 6.54 Å². The Kier molecular flexibility index (Phi) is 4.64. The molecule has 1 aliphatic carbocycles. The average molecular weight is 319 g/mol. The van der Waals surface area contributed by atoms with Crippen LogP contribution in [0.15, 0.2) is 4.79 Å². The van der Waals surface area contributed by atoms with E-state index in [1.54, 1.807) is 11.3 Å². The summed E-state index contributed by atoms with van der Waals surface area (Å²) in [5, 5.41) is 4.28. The summed E-state index contributed by atoms with van der Waals surface area (Å²) in [4.78, 5) is 22.6. The quantitative estimate of drug-likeness (QED) is 0.829. The molecule has 0 aliphatic heterocycles. The maximum atomic E-state index is 12.5. The van der Waals surface area contributed by atoms with Crippen molar-refractivity contribution in [2.24, 2.45) is 5.92 Å². The molecule has 2 aromatic rings. The van der Waals surface area contributed by atoms with Crippen molar-refractivity contribution in [3.63, 3.8) is 0 Å². The molecule has 0 bridgehead atoms. The Morgan fingerprint density at radius 2 is 2.32 bits per heavy atom. The molecule has 4 nitrogen and oxygen atoms in total. The number of fused-ring (bicyclic) bond motifs is 3. The highest BCUT2D eigenvalue weighted by atomic mass is 32.1. The minimum Gasteiger partial charge on any atom is -0.309 e. The molecule has 2 N–H and O–H groups in total. The van der Waals surface area contributed by atoms with Gasteiger partial charge in [-0.15, -0.1) is 11.3 Å². The smallest absolute Gasteiger partial charge is 0.259 e. The number of unbranched alkanes of at least 4 members (excludes halogenated alkanes) is 1. The van der Waals surface area contributed by atoms with E-state index in [2.05, 4.69) is 31.1 Å². The molecule has 0 fully saturated rings. The van der Waals surface area contributed by atoms with Crippen LogP contribution in [0, 0.1) is 5.92 Å². The first-order valence-corrected chi connectivity index (χ1v) is 9.19. The molecule has 5 heteroatoms. The number of nitrogens with zero attached hydrogens (tertiary/aromatic N) is 1. The van der Waals surface area contributed by atoms with Crippen LogP contribution in [0.5, 0.6) is 0 Å². The van der Waals surface area contributed by atoms with Crippen LogP contribution in [-0.2, 0) is 12.8 Å². The van der Waals surface area contributed by atoms with Crippen molar-refractivity contribution < 1.29 is 0 Å². The Bertz CT molecular complexity index is 718. The highest BCUT2D eigenvalue weighted by Gasteiger charge is 2.23. The van der Waals surface area contributed by atoms with Crippen molar-refractivity contribution in [2.45, 2.75) is 58.9 Å². The predicted molar refractivity (Wildman–Crippen MR) is 92.8 cm³/mol. The van der Waals surface area contributed by atoms with E-state index in [9.17, 15) is 4.79 Å². The van der Waals surface area contributed by atoms with Crippen molar-refractivity contribution in [1.82, 2.24) is 15.3 Å². The number of nitrogens with one attached hydrogen (secondary N) is 2. The fourth-order valence-electron chi connectivity index (χ4n) is 3.16. The number of rotatable bonds is 5. The van der Waals surface area contributed by atoms with Gasteiger partial charge in [-0.3, -0.25) is 4.79 Å². The van der Waals surface area contributed by atoms with E-state index in [0.717, 1.165) is 41.8 Å². The van der Waals surface area contributed by atoms with Gasteiger partial charge >= 0.3 is 0 Å². The second kappa shape index (κ2) is 6.50. The van der Waals surface area contributed by atoms with E-state index in [-0.39, 0.29) is 11.6 Å². The van der Waals surface area contributed by atoms with E-state index in [1.165, 1.54) is 23.3 Å². The van der Waals surface area contributed by atoms with Crippen LogP contribution in [0.4, 0.5) is 0 Å². The number of H-pyrrole nitrogens is 1. The van der Waals surface area contributed by atoms with Crippen LogP contribution in [0.3, 0.4) is 0 Å². The predicted octanol–water partition coefficient (Wildman–Crippen LogP) is 3.56. The van der Waals surface area contributed by atoms with Gasteiger partial charge in [0.1, 0.15) is 10.7 Å². The number of aromatic nitrogens is 2. The third-order valence-electron chi connectivity index (χ3n) is 4.57. The molecule has 0 aromatic carbocycles. The largest absolute Gasteiger partial charge is 0.309 e. The van der Waals surface area contributed by atoms with E-state index in [4.69, 9.17) is 4.98 Å². The van der Waals surface area contributed by atoms with Crippen LogP contribution in [0.1, 0.15) is 62.3 Å². The topological polar surface area (TPSA) is 57.8 Å². The summed E-state index contributed by atoms with van der Waals surface area (Å²) >= 11 is 1.72. The van der Waals surface area contributed by atoms with Gasteiger partial charge in [-0.2, -0.15) is 0 Å².